The second kappa shape index (κ2) is 7.26. The first-order valence-electron chi connectivity index (χ1n) is 7.39. The zero-order valence-corrected chi connectivity index (χ0v) is 13.3. The summed E-state index contributed by atoms with van der Waals surface area (Å²) in [4.78, 5) is 13.7. The first kappa shape index (κ1) is 16.3. The number of carbonyl (C=O) groups excluding carboxylic acids is 1. The van der Waals surface area contributed by atoms with Crippen LogP contribution in [0.3, 0.4) is 0 Å². The van der Waals surface area contributed by atoms with E-state index in [1.165, 1.54) is 5.69 Å². The molecule has 1 amide bonds. The molecule has 22 heavy (non-hydrogen) atoms. The van der Waals surface area contributed by atoms with Crippen LogP contribution in [0.1, 0.15) is 26.3 Å². The Labute approximate surface area is 131 Å². The fourth-order valence-corrected chi connectivity index (χ4v) is 2.05. The highest BCUT2D eigenvalue weighted by molar-refractivity contribution is 5.81. The van der Waals surface area contributed by atoms with Gasteiger partial charge in [-0.15, -0.1) is 0 Å². The van der Waals surface area contributed by atoms with Gasteiger partial charge < -0.3 is 14.4 Å². The average Bonchev–Trinajstić information content (AvgIpc) is 2.47. The molecule has 0 aliphatic carbocycles. The Morgan fingerprint density at radius 2 is 1.91 bits per heavy atom. The standard InChI is InChI=1S/C16H23N3O3/c1-16(2,3)22-15(20)18-17-12-13-4-6-14(7-5-13)19-8-10-21-11-9-19/h4-7,12H,8-11H2,1-3H3,(H,18,20)/b17-12+. The Kier molecular flexibility index (Phi) is 5.38. The van der Waals surface area contributed by atoms with E-state index in [1.807, 2.05) is 24.3 Å². The van der Waals surface area contributed by atoms with Crippen molar-refractivity contribution in [2.45, 2.75) is 26.4 Å². The summed E-state index contributed by atoms with van der Waals surface area (Å²) in [5, 5.41) is 3.88. The Morgan fingerprint density at radius 3 is 2.50 bits per heavy atom. The molecule has 0 saturated carbocycles. The molecule has 6 heteroatoms. The molecule has 0 aromatic heterocycles. The third-order valence-electron chi connectivity index (χ3n) is 3.04. The molecule has 0 atom stereocenters. The summed E-state index contributed by atoms with van der Waals surface area (Å²) in [7, 11) is 0. The highest BCUT2D eigenvalue weighted by Crippen LogP contribution is 2.15. The maximum atomic E-state index is 11.4. The van der Waals surface area contributed by atoms with Gasteiger partial charge >= 0.3 is 6.09 Å². The van der Waals surface area contributed by atoms with Gasteiger partial charge in [0.05, 0.1) is 19.4 Å². The van der Waals surface area contributed by atoms with Gasteiger partial charge in [-0.2, -0.15) is 5.10 Å². The minimum atomic E-state index is -0.561. The minimum Gasteiger partial charge on any atom is -0.443 e. The van der Waals surface area contributed by atoms with Crippen molar-refractivity contribution >= 4 is 18.0 Å². The summed E-state index contributed by atoms with van der Waals surface area (Å²) in [6.45, 7) is 8.77. The van der Waals surface area contributed by atoms with Crippen molar-refractivity contribution in [3.05, 3.63) is 29.8 Å². The van der Waals surface area contributed by atoms with Gasteiger partial charge in [0.2, 0.25) is 0 Å². The SMILES string of the molecule is CC(C)(C)OC(=O)N/N=C/c1ccc(N2CCOCC2)cc1. The van der Waals surface area contributed by atoms with Crippen LogP contribution in [-0.2, 0) is 9.47 Å². The molecule has 0 bridgehead atoms. The molecule has 1 aromatic carbocycles. The van der Waals surface area contributed by atoms with Crippen LogP contribution in [0.2, 0.25) is 0 Å². The number of hydrogen-bond acceptors (Lipinski definition) is 5. The first-order valence-corrected chi connectivity index (χ1v) is 7.39. The largest absolute Gasteiger partial charge is 0.443 e. The lowest BCUT2D eigenvalue weighted by molar-refractivity contribution is 0.0529. The molecule has 1 aliphatic rings. The van der Waals surface area contributed by atoms with Crippen LogP contribution >= 0.6 is 0 Å². The van der Waals surface area contributed by atoms with Gasteiger partial charge in [-0.3, -0.25) is 0 Å². The number of nitrogens with zero attached hydrogens (tertiary/aromatic N) is 2. The lowest BCUT2D eigenvalue weighted by Crippen LogP contribution is -2.36. The lowest BCUT2D eigenvalue weighted by atomic mass is 10.2. The predicted molar refractivity (Wildman–Crippen MR) is 86.4 cm³/mol. The van der Waals surface area contributed by atoms with E-state index in [0.717, 1.165) is 31.9 Å². The maximum Gasteiger partial charge on any atom is 0.428 e. The zero-order valence-electron chi connectivity index (χ0n) is 13.3. The number of anilines is 1. The summed E-state index contributed by atoms with van der Waals surface area (Å²) in [6, 6.07) is 8.01. The maximum absolute atomic E-state index is 11.4. The van der Waals surface area contributed by atoms with Gasteiger partial charge in [-0.25, -0.2) is 10.2 Å². The van der Waals surface area contributed by atoms with E-state index in [4.69, 9.17) is 9.47 Å². The predicted octanol–water partition coefficient (Wildman–Crippen LogP) is 2.38. The van der Waals surface area contributed by atoms with Crippen molar-refractivity contribution in [1.29, 1.82) is 0 Å². The fourth-order valence-electron chi connectivity index (χ4n) is 2.05. The molecule has 6 nitrogen and oxygen atoms in total. The first-order chi connectivity index (χ1) is 10.4. The van der Waals surface area contributed by atoms with Gasteiger partial charge in [0.1, 0.15) is 5.60 Å². The number of amides is 1. The summed E-state index contributed by atoms with van der Waals surface area (Å²) >= 11 is 0. The Morgan fingerprint density at radius 1 is 1.27 bits per heavy atom. The van der Waals surface area contributed by atoms with Gasteiger partial charge in [0.15, 0.2) is 0 Å². The molecule has 1 aliphatic heterocycles. The molecule has 120 valence electrons. The van der Waals surface area contributed by atoms with Crippen LogP contribution in [-0.4, -0.2) is 44.2 Å². The molecular weight excluding hydrogens is 282 g/mol. The van der Waals surface area contributed by atoms with Crippen molar-refractivity contribution in [3.63, 3.8) is 0 Å². The smallest absolute Gasteiger partial charge is 0.428 e. The molecule has 0 radical (unpaired) electrons. The molecule has 1 N–H and O–H groups in total. The Bertz CT molecular complexity index is 514. The fraction of sp³-hybridized carbons (Fsp3) is 0.500. The van der Waals surface area contributed by atoms with Crippen molar-refractivity contribution in [2.24, 2.45) is 5.10 Å². The lowest BCUT2D eigenvalue weighted by Gasteiger charge is -2.28. The molecular formula is C16H23N3O3. The topological polar surface area (TPSA) is 63.2 Å². The van der Waals surface area contributed by atoms with Crippen LogP contribution in [0.4, 0.5) is 10.5 Å². The van der Waals surface area contributed by atoms with Crippen molar-refractivity contribution in [3.8, 4) is 0 Å². The summed E-state index contributed by atoms with van der Waals surface area (Å²) in [5.74, 6) is 0. The van der Waals surface area contributed by atoms with E-state index in [9.17, 15) is 4.79 Å². The highest BCUT2D eigenvalue weighted by atomic mass is 16.6. The number of morpholine rings is 1. The van der Waals surface area contributed by atoms with E-state index in [-0.39, 0.29) is 0 Å². The summed E-state index contributed by atoms with van der Waals surface area (Å²) < 4.78 is 10.4. The number of ether oxygens (including phenoxy) is 2. The number of rotatable bonds is 3. The van der Waals surface area contributed by atoms with Crippen LogP contribution in [0.5, 0.6) is 0 Å². The third-order valence-corrected chi connectivity index (χ3v) is 3.04. The van der Waals surface area contributed by atoms with Crippen LogP contribution in [0.15, 0.2) is 29.4 Å². The minimum absolute atomic E-state index is 0.528. The molecule has 1 fully saturated rings. The van der Waals surface area contributed by atoms with Gasteiger partial charge in [-0.1, -0.05) is 12.1 Å². The van der Waals surface area contributed by atoms with Crippen LogP contribution in [0.25, 0.3) is 0 Å². The normalized spacial score (nSPS) is 15.9. The van der Waals surface area contributed by atoms with E-state index in [2.05, 4.69) is 15.4 Å². The van der Waals surface area contributed by atoms with Crippen LogP contribution in [0, 0.1) is 0 Å². The molecule has 0 spiro atoms. The van der Waals surface area contributed by atoms with Crippen molar-refractivity contribution in [2.75, 3.05) is 31.2 Å². The number of nitrogens with one attached hydrogen (secondary N) is 1. The third kappa shape index (κ3) is 5.37. The van der Waals surface area contributed by atoms with Gasteiger partial charge in [-0.05, 0) is 38.5 Å². The molecule has 0 unspecified atom stereocenters. The number of carbonyl (C=O) groups is 1. The molecule has 1 saturated heterocycles. The van der Waals surface area contributed by atoms with E-state index in [1.54, 1.807) is 27.0 Å². The monoisotopic (exact) mass is 305 g/mol. The van der Waals surface area contributed by atoms with Gasteiger partial charge in [0.25, 0.3) is 0 Å². The van der Waals surface area contributed by atoms with E-state index < -0.39 is 11.7 Å². The average molecular weight is 305 g/mol. The number of benzene rings is 1. The second-order valence-corrected chi connectivity index (χ2v) is 6.06. The highest BCUT2D eigenvalue weighted by Gasteiger charge is 2.15. The molecule has 2 rings (SSSR count). The number of hydrogen-bond donors (Lipinski definition) is 1. The second-order valence-electron chi connectivity index (χ2n) is 6.06. The quantitative estimate of drug-likeness (QED) is 0.688. The Balaban J connectivity index is 1.85. The van der Waals surface area contributed by atoms with E-state index in [0.29, 0.717) is 0 Å². The Hall–Kier alpha value is -2.08. The summed E-state index contributed by atoms with van der Waals surface area (Å²) in [5.41, 5.74) is 3.90. The van der Waals surface area contributed by atoms with Crippen LogP contribution < -0.4 is 10.3 Å². The zero-order chi connectivity index (χ0) is 16.0. The van der Waals surface area contributed by atoms with Crippen molar-refractivity contribution in [1.82, 2.24) is 5.43 Å². The molecule has 1 heterocycles. The van der Waals surface area contributed by atoms with Crippen molar-refractivity contribution < 1.29 is 14.3 Å². The number of hydrazone groups is 1. The van der Waals surface area contributed by atoms with E-state index >= 15 is 0 Å². The summed E-state index contributed by atoms with van der Waals surface area (Å²) in [6.07, 6.45) is 1.03. The van der Waals surface area contributed by atoms with Gasteiger partial charge in [0, 0.05) is 18.8 Å². The molecule has 1 aromatic rings.